The number of benzene rings is 2. The highest BCUT2D eigenvalue weighted by Gasteiger charge is 2.14. The number of carbonyl (C=O) groups is 2. The molecule has 6 heteroatoms. The number of nitrogens with one attached hydrogen (secondary N) is 1. The molecule has 0 heterocycles. The standard InChI is InChI=1S/C14H10BrNO4/c15-9-6-7-12(11(8-9)13(17)18)16-14(19)20-10-4-2-1-3-5-10/h1-8H,(H,16,19)(H,17,18). The van der Waals surface area contributed by atoms with Gasteiger partial charge in [0.05, 0.1) is 11.3 Å². The van der Waals surface area contributed by atoms with Gasteiger partial charge in [-0.25, -0.2) is 9.59 Å². The van der Waals surface area contributed by atoms with Crippen molar-refractivity contribution in [2.24, 2.45) is 0 Å². The maximum absolute atomic E-state index is 11.7. The Kier molecular flexibility index (Phi) is 4.37. The molecule has 0 radical (unpaired) electrons. The third-order valence-electron chi connectivity index (χ3n) is 2.40. The summed E-state index contributed by atoms with van der Waals surface area (Å²) in [6, 6.07) is 13.0. The van der Waals surface area contributed by atoms with E-state index in [1.807, 2.05) is 0 Å². The minimum absolute atomic E-state index is 0.0237. The molecular weight excluding hydrogens is 326 g/mol. The number of rotatable bonds is 3. The van der Waals surface area contributed by atoms with Crippen LogP contribution in [0.2, 0.25) is 0 Å². The van der Waals surface area contributed by atoms with E-state index in [2.05, 4.69) is 21.2 Å². The Bertz CT molecular complexity index is 643. The Morgan fingerprint density at radius 3 is 2.45 bits per heavy atom. The van der Waals surface area contributed by atoms with Gasteiger partial charge in [-0.3, -0.25) is 5.32 Å². The van der Waals surface area contributed by atoms with Crippen LogP contribution in [0.25, 0.3) is 0 Å². The van der Waals surface area contributed by atoms with E-state index in [0.29, 0.717) is 10.2 Å². The number of carbonyl (C=O) groups excluding carboxylic acids is 1. The fourth-order valence-electron chi connectivity index (χ4n) is 1.53. The first-order chi connectivity index (χ1) is 9.56. The van der Waals surface area contributed by atoms with Crippen LogP contribution in [0.3, 0.4) is 0 Å². The summed E-state index contributed by atoms with van der Waals surface area (Å²) in [5, 5.41) is 11.5. The minimum Gasteiger partial charge on any atom is -0.478 e. The van der Waals surface area contributed by atoms with Crippen molar-refractivity contribution in [3.8, 4) is 5.75 Å². The number of aromatic carboxylic acids is 1. The number of ether oxygens (including phenoxy) is 1. The lowest BCUT2D eigenvalue weighted by Crippen LogP contribution is -2.18. The molecule has 2 rings (SSSR count). The van der Waals surface area contributed by atoms with E-state index in [9.17, 15) is 9.59 Å². The molecule has 0 aromatic heterocycles. The molecule has 0 unspecified atom stereocenters. The topological polar surface area (TPSA) is 75.6 Å². The van der Waals surface area contributed by atoms with Crippen molar-refractivity contribution in [1.29, 1.82) is 0 Å². The summed E-state index contributed by atoms with van der Waals surface area (Å²) in [5.74, 6) is -0.764. The van der Waals surface area contributed by atoms with Crippen molar-refractivity contribution in [3.63, 3.8) is 0 Å². The van der Waals surface area contributed by atoms with E-state index in [-0.39, 0.29) is 11.3 Å². The van der Waals surface area contributed by atoms with Crippen LogP contribution < -0.4 is 10.1 Å². The molecule has 2 aromatic carbocycles. The highest BCUT2D eigenvalue weighted by Crippen LogP contribution is 2.21. The third kappa shape index (κ3) is 3.58. The van der Waals surface area contributed by atoms with Gasteiger partial charge in [-0.05, 0) is 30.3 Å². The van der Waals surface area contributed by atoms with Gasteiger partial charge < -0.3 is 9.84 Å². The fraction of sp³-hybridized carbons (Fsp3) is 0. The average molecular weight is 336 g/mol. The van der Waals surface area contributed by atoms with Crippen molar-refractivity contribution < 1.29 is 19.4 Å². The largest absolute Gasteiger partial charge is 0.478 e. The Labute approximate surface area is 123 Å². The van der Waals surface area contributed by atoms with Gasteiger partial charge in [-0.1, -0.05) is 34.1 Å². The lowest BCUT2D eigenvalue weighted by molar-refractivity contribution is 0.0698. The van der Waals surface area contributed by atoms with E-state index >= 15 is 0 Å². The van der Waals surface area contributed by atoms with Gasteiger partial charge in [0.25, 0.3) is 0 Å². The number of anilines is 1. The molecule has 20 heavy (non-hydrogen) atoms. The monoisotopic (exact) mass is 335 g/mol. The van der Waals surface area contributed by atoms with Crippen molar-refractivity contribution in [1.82, 2.24) is 0 Å². The molecule has 0 aliphatic carbocycles. The van der Waals surface area contributed by atoms with Crippen molar-refractivity contribution in [3.05, 3.63) is 58.6 Å². The second kappa shape index (κ2) is 6.21. The number of carboxylic acid groups (broad SMARTS) is 1. The number of amides is 1. The molecule has 2 N–H and O–H groups in total. The molecule has 0 saturated heterocycles. The number of hydrogen-bond donors (Lipinski definition) is 2. The van der Waals surface area contributed by atoms with Crippen LogP contribution in [0.15, 0.2) is 53.0 Å². The molecule has 102 valence electrons. The normalized spacial score (nSPS) is 9.85. The molecule has 5 nitrogen and oxygen atoms in total. The van der Waals surface area contributed by atoms with Crippen molar-refractivity contribution >= 4 is 33.7 Å². The van der Waals surface area contributed by atoms with Crippen LogP contribution in [0.4, 0.5) is 10.5 Å². The first kappa shape index (κ1) is 14.1. The molecule has 0 saturated carbocycles. The lowest BCUT2D eigenvalue weighted by atomic mass is 10.2. The number of hydrogen-bond acceptors (Lipinski definition) is 3. The fourth-order valence-corrected chi connectivity index (χ4v) is 1.89. The maximum atomic E-state index is 11.7. The van der Waals surface area contributed by atoms with Crippen LogP contribution in [-0.4, -0.2) is 17.2 Å². The molecule has 0 spiro atoms. The minimum atomic E-state index is -1.14. The van der Waals surface area contributed by atoms with E-state index in [1.54, 1.807) is 36.4 Å². The second-order valence-corrected chi connectivity index (χ2v) is 4.74. The Morgan fingerprint density at radius 2 is 1.80 bits per heavy atom. The zero-order valence-corrected chi connectivity index (χ0v) is 11.8. The molecule has 0 atom stereocenters. The van der Waals surface area contributed by atoms with E-state index in [0.717, 1.165) is 0 Å². The van der Waals surface area contributed by atoms with Crippen molar-refractivity contribution in [2.45, 2.75) is 0 Å². The average Bonchev–Trinajstić information content (AvgIpc) is 2.41. The molecule has 1 amide bonds. The molecule has 2 aromatic rings. The smallest absolute Gasteiger partial charge is 0.417 e. The van der Waals surface area contributed by atoms with E-state index in [4.69, 9.17) is 9.84 Å². The van der Waals surface area contributed by atoms with Crippen LogP contribution in [0.1, 0.15) is 10.4 Å². The molecule has 0 fully saturated rings. The zero-order chi connectivity index (χ0) is 14.5. The first-order valence-corrected chi connectivity index (χ1v) is 6.42. The van der Waals surface area contributed by atoms with E-state index < -0.39 is 12.1 Å². The van der Waals surface area contributed by atoms with E-state index in [1.165, 1.54) is 12.1 Å². The van der Waals surface area contributed by atoms with Gasteiger partial charge in [0.15, 0.2) is 0 Å². The summed E-state index contributed by atoms with van der Waals surface area (Å²) in [5.41, 5.74) is 0.144. The Morgan fingerprint density at radius 1 is 1.10 bits per heavy atom. The zero-order valence-electron chi connectivity index (χ0n) is 10.2. The second-order valence-electron chi connectivity index (χ2n) is 3.82. The number of halogens is 1. The predicted octanol–water partition coefficient (Wildman–Crippen LogP) is 3.76. The summed E-state index contributed by atoms with van der Waals surface area (Å²) in [6.45, 7) is 0. The van der Waals surface area contributed by atoms with Gasteiger partial charge in [0, 0.05) is 4.47 Å². The summed E-state index contributed by atoms with van der Waals surface area (Å²) in [6.07, 6.45) is -0.749. The van der Waals surface area contributed by atoms with Gasteiger partial charge in [0.1, 0.15) is 5.75 Å². The van der Waals surface area contributed by atoms with Crippen LogP contribution >= 0.6 is 15.9 Å². The van der Waals surface area contributed by atoms with Crippen LogP contribution in [0, 0.1) is 0 Å². The first-order valence-electron chi connectivity index (χ1n) is 5.63. The summed E-state index contributed by atoms with van der Waals surface area (Å²) >= 11 is 3.18. The quantitative estimate of drug-likeness (QED) is 0.895. The predicted molar refractivity (Wildman–Crippen MR) is 77.2 cm³/mol. The lowest BCUT2D eigenvalue weighted by Gasteiger charge is -2.09. The summed E-state index contributed by atoms with van der Waals surface area (Å²) in [4.78, 5) is 22.8. The molecule has 0 bridgehead atoms. The van der Waals surface area contributed by atoms with Gasteiger partial charge in [0.2, 0.25) is 0 Å². The van der Waals surface area contributed by atoms with Crippen LogP contribution in [0.5, 0.6) is 5.75 Å². The van der Waals surface area contributed by atoms with Crippen molar-refractivity contribution in [2.75, 3.05) is 5.32 Å². The van der Waals surface area contributed by atoms with Gasteiger partial charge in [-0.2, -0.15) is 0 Å². The van der Waals surface area contributed by atoms with Crippen LogP contribution in [-0.2, 0) is 0 Å². The number of para-hydroxylation sites is 1. The Hall–Kier alpha value is -2.34. The third-order valence-corrected chi connectivity index (χ3v) is 2.90. The molecule has 0 aliphatic rings. The SMILES string of the molecule is O=C(Nc1ccc(Br)cc1C(=O)O)Oc1ccccc1. The summed E-state index contributed by atoms with van der Waals surface area (Å²) in [7, 11) is 0. The van der Waals surface area contributed by atoms with Gasteiger partial charge >= 0.3 is 12.1 Å². The highest BCUT2D eigenvalue weighted by molar-refractivity contribution is 9.10. The highest BCUT2D eigenvalue weighted by atomic mass is 79.9. The molecular formula is C14H10BrNO4. The number of carboxylic acids is 1. The maximum Gasteiger partial charge on any atom is 0.417 e. The van der Waals surface area contributed by atoms with Gasteiger partial charge in [-0.15, -0.1) is 0 Å². The Balaban J connectivity index is 2.14. The summed E-state index contributed by atoms with van der Waals surface area (Å²) < 4.78 is 5.64. The molecule has 0 aliphatic heterocycles.